The number of imidazole rings is 1. The Kier molecular flexibility index (Phi) is 2.92. The Morgan fingerprint density at radius 3 is 3.00 bits per heavy atom. The number of hydrogen-bond acceptors (Lipinski definition) is 4. The summed E-state index contributed by atoms with van der Waals surface area (Å²) in [7, 11) is -2.51. The van der Waals surface area contributed by atoms with Crippen molar-refractivity contribution in [3.05, 3.63) is 12.0 Å². The number of rotatable bonds is 4. The molecule has 2 heterocycles. The van der Waals surface area contributed by atoms with E-state index in [2.05, 4.69) is 4.98 Å². The monoisotopic (exact) mass is 259 g/mol. The fourth-order valence-electron chi connectivity index (χ4n) is 1.87. The van der Waals surface area contributed by atoms with Crippen LogP contribution < -0.4 is 0 Å². The van der Waals surface area contributed by atoms with Crippen LogP contribution in [-0.2, 0) is 27.8 Å². The molecule has 0 amide bonds. The number of carbonyl (C=O) groups is 1. The second-order valence-electron chi connectivity index (χ2n) is 3.92. The highest BCUT2D eigenvalue weighted by Gasteiger charge is 2.29. The number of aryl methyl sites for hydroxylation is 1. The van der Waals surface area contributed by atoms with Crippen LogP contribution in [-0.4, -0.2) is 46.9 Å². The summed E-state index contributed by atoms with van der Waals surface area (Å²) in [5.41, 5.74) is 0. The Morgan fingerprint density at radius 1 is 1.65 bits per heavy atom. The highest BCUT2D eigenvalue weighted by atomic mass is 32.2. The molecule has 0 spiro atoms. The second kappa shape index (κ2) is 4.11. The van der Waals surface area contributed by atoms with Crippen molar-refractivity contribution >= 4 is 16.0 Å². The molecule has 0 unspecified atom stereocenters. The summed E-state index contributed by atoms with van der Waals surface area (Å²) in [5.74, 6) is -0.440. The molecule has 1 aliphatic rings. The van der Waals surface area contributed by atoms with Gasteiger partial charge >= 0.3 is 5.97 Å². The van der Waals surface area contributed by atoms with E-state index in [1.165, 1.54) is 13.2 Å². The second-order valence-corrected chi connectivity index (χ2v) is 5.91. The largest absolute Gasteiger partial charge is 0.480 e. The third-order valence-electron chi connectivity index (χ3n) is 2.72. The molecule has 0 saturated heterocycles. The predicted octanol–water partition coefficient (Wildman–Crippen LogP) is -0.466. The van der Waals surface area contributed by atoms with E-state index >= 15 is 0 Å². The summed E-state index contributed by atoms with van der Waals surface area (Å²) in [5, 5.41) is 8.69. The lowest BCUT2D eigenvalue weighted by molar-refractivity contribution is -0.137. The molecule has 1 N–H and O–H groups in total. The van der Waals surface area contributed by atoms with Gasteiger partial charge in [-0.1, -0.05) is 0 Å². The minimum Gasteiger partial charge on any atom is -0.480 e. The van der Waals surface area contributed by atoms with Gasteiger partial charge in [-0.3, -0.25) is 4.79 Å². The summed E-state index contributed by atoms with van der Waals surface area (Å²) in [6.45, 7) is 0.0631. The van der Waals surface area contributed by atoms with Gasteiger partial charge in [-0.05, 0) is 6.42 Å². The lowest BCUT2D eigenvalue weighted by Crippen LogP contribution is -2.33. The van der Waals surface area contributed by atoms with E-state index in [1.54, 1.807) is 4.57 Å². The summed E-state index contributed by atoms with van der Waals surface area (Å²) in [6, 6.07) is 0. The minimum atomic E-state index is -3.76. The molecule has 1 aromatic rings. The average molecular weight is 259 g/mol. The molecule has 17 heavy (non-hydrogen) atoms. The standard InChI is InChI=1S/C9H13N3O4S/c1-11(6-9(13)14)17(15,16)8-5-10-7-3-2-4-12(7)8/h5H,2-4,6H2,1H3,(H,13,14). The molecule has 7 nitrogen and oxygen atoms in total. The first-order chi connectivity index (χ1) is 7.93. The first kappa shape index (κ1) is 12.1. The smallest absolute Gasteiger partial charge is 0.318 e. The summed E-state index contributed by atoms with van der Waals surface area (Å²) in [4.78, 5) is 14.6. The zero-order valence-electron chi connectivity index (χ0n) is 9.33. The van der Waals surface area contributed by atoms with E-state index in [0.717, 1.165) is 23.0 Å². The van der Waals surface area contributed by atoms with Gasteiger partial charge in [0, 0.05) is 20.0 Å². The number of aliphatic carboxylic acids is 1. The first-order valence-electron chi connectivity index (χ1n) is 5.15. The van der Waals surface area contributed by atoms with Gasteiger partial charge in [-0.15, -0.1) is 0 Å². The van der Waals surface area contributed by atoms with Gasteiger partial charge < -0.3 is 9.67 Å². The van der Waals surface area contributed by atoms with Crippen molar-refractivity contribution in [2.75, 3.05) is 13.6 Å². The van der Waals surface area contributed by atoms with E-state index in [4.69, 9.17) is 5.11 Å². The molecule has 1 aromatic heterocycles. The van der Waals surface area contributed by atoms with E-state index in [0.29, 0.717) is 6.54 Å². The Labute approximate surface area is 98.7 Å². The van der Waals surface area contributed by atoms with Crippen molar-refractivity contribution < 1.29 is 18.3 Å². The van der Waals surface area contributed by atoms with Crippen LogP contribution in [0.2, 0.25) is 0 Å². The van der Waals surface area contributed by atoms with Gasteiger partial charge in [-0.2, -0.15) is 4.31 Å². The number of carboxylic acids is 1. The lowest BCUT2D eigenvalue weighted by Gasteiger charge is -2.15. The van der Waals surface area contributed by atoms with Crippen molar-refractivity contribution in [2.45, 2.75) is 24.4 Å². The van der Waals surface area contributed by atoms with Gasteiger partial charge in [0.25, 0.3) is 10.0 Å². The Hall–Kier alpha value is -1.41. The Morgan fingerprint density at radius 2 is 2.35 bits per heavy atom. The summed E-state index contributed by atoms with van der Waals surface area (Å²) in [6.07, 6.45) is 2.93. The number of fused-ring (bicyclic) bond motifs is 1. The van der Waals surface area contributed by atoms with Gasteiger partial charge in [0.1, 0.15) is 12.4 Å². The van der Waals surface area contributed by atoms with E-state index in [1.807, 2.05) is 0 Å². The molecular weight excluding hydrogens is 246 g/mol. The average Bonchev–Trinajstić information content (AvgIpc) is 2.75. The molecular formula is C9H13N3O4S. The van der Waals surface area contributed by atoms with E-state index < -0.39 is 22.5 Å². The van der Waals surface area contributed by atoms with Crippen LogP contribution >= 0.6 is 0 Å². The summed E-state index contributed by atoms with van der Waals surface area (Å²) >= 11 is 0. The molecule has 1 aliphatic heterocycles. The zero-order chi connectivity index (χ0) is 12.6. The third kappa shape index (κ3) is 2.05. The van der Waals surface area contributed by atoms with Crippen LogP contribution in [0.4, 0.5) is 0 Å². The highest BCUT2D eigenvalue weighted by molar-refractivity contribution is 7.89. The van der Waals surface area contributed by atoms with Gasteiger partial charge in [0.05, 0.1) is 6.20 Å². The number of sulfonamides is 1. The van der Waals surface area contributed by atoms with Crippen LogP contribution in [0.1, 0.15) is 12.2 Å². The van der Waals surface area contributed by atoms with Crippen LogP contribution in [0, 0.1) is 0 Å². The lowest BCUT2D eigenvalue weighted by atomic mass is 10.4. The molecule has 0 aliphatic carbocycles. The maximum atomic E-state index is 12.1. The van der Waals surface area contributed by atoms with Crippen molar-refractivity contribution in [2.24, 2.45) is 0 Å². The van der Waals surface area contributed by atoms with Gasteiger partial charge in [0.2, 0.25) is 0 Å². The number of aromatic nitrogens is 2. The normalized spacial score (nSPS) is 15.2. The van der Waals surface area contributed by atoms with Gasteiger partial charge in [-0.25, -0.2) is 13.4 Å². The molecule has 0 radical (unpaired) electrons. The SMILES string of the molecule is CN(CC(=O)O)S(=O)(=O)c1cnc2n1CCC2. The molecule has 0 fully saturated rings. The molecule has 0 saturated carbocycles. The number of likely N-dealkylation sites (N-methyl/N-ethyl adjacent to an activating group) is 1. The van der Waals surface area contributed by atoms with Crippen molar-refractivity contribution in [3.63, 3.8) is 0 Å². The fraction of sp³-hybridized carbons (Fsp3) is 0.556. The molecule has 94 valence electrons. The van der Waals surface area contributed by atoms with E-state index in [9.17, 15) is 13.2 Å². The quantitative estimate of drug-likeness (QED) is 0.789. The molecule has 0 bridgehead atoms. The number of hydrogen-bond donors (Lipinski definition) is 1. The van der Waals surface area contributed by atoms with Crippen molar-refractivity contribution in [1.82, 2.24) is 13.9 Å². The highest BCUT2D eigenvalue weighted by Crippen LogP contribution is 2.21. The van der Waals surface area contributed by atoms with Crippen LogP contribution in [0.5, 0.6) is 0 Å². The molecule has 0 aromatic carbocycles. The maximum absolute atomic E-state index is 12.1. The fourth-order valence-corrected chi connectivity index (χ4v) is 3.13. The minimum absolute atomic E-state index is 0.0775. The Bertz CT molecular complexity index is 549. The van der Waals surface area contributed by atoms with Gasteiger partial charge in [0.15, 0.2) is 5.03 Å². The molecule has 8 heteroatoms. The van der Waals surface area contributed by atoms with Crippen LogP contribution in [0.25, 0.3) is 0 Å². The molecule has 0 atom stereocenters. The van der Waals surface area contributed by atoms with Crippen molar-refractivity contribution in [1.29, 1.82) is 0 Å². The number of nitrogens with zero attached hydrogens (tertiary/aromatic N) is 3. The van der Waals surface area contributed by atoms with Crippen molar-refractivity contribution in [3.8, 4) is 0 Å². The first-order valence-corrected chi connectivity index (χ1v) is 6.59. The van der Waals surface area contributed by atoms with Crippen LogP contribution in [0.15, 0.2) is 11.2 Å². The van der Waals surface area contributed by atoms with Crippen LogP contribution in [0.3, 0.4) is 0 Å². The number of carboxylic acid groups (broad SMARTS) is 1. The Balaban J connectivity index is 2.35. The zero-order valence-corrected chi connectivity index (χ0v) is 10.1. The third-order valence-corrected chi connectivity index (χ3v) is 4.52. The molecule has 2 rings (SSSR count). The van der Waals surface area contributed by atoms with E-state index in [-0.39, 0.29) is 5.03 Å². The summed E-state index contributed by atoms with van der Waals surface area (Å²) < 4.78 is 26.6. The predicted molar refractivity (Wildman–Crippen MR) is 58.0 cm³/mol. The topological polar surface area (TPSA) is 92.5 Å². The maximum Gasteiger partial charge on any atom is 0.318 e.